The van der Waals surface area contributed by atoms with Gasteiger partial charge in [0.1, 0.15) is 0 Å². The number of rotatable bonds is 7. The van der Waals surface area contributed by atoms with Crippen molar-refractivity contribution < 1.29 is 4.79 Å². The van der Waals surface area contributed by atoms with Crippen LogP contribution in [0.25, 0.3) is 0 Å². The lowest BCUT2D eigenvalue weighted by molar-refractivity contribution is 0.1000. The number of nitrogens with one attached hydrogen (secondary N) is 1. The van der Waals surface area contributed by atoms with E-state index < -0.39 is 0 Å². The van der Waals surface area contributed by atoms with Crippen molar-refractivity contribution in [1.29, 1.82) is 0 Å². The molecule has 4 heteroatoms. The van der Waals surface area contributed by atoms with Crippen molar-refractivity contribution in [1.82, 2.24) is 5.32 Å². The van der Waals surface area contributed by atoms with Crippen LogP contribution in [-0.2, 0) is 6.54 Å². The van der Waals surface area contributed by atoms with Gasteiger partial charge >= 0.3 is 0 Å². The molecule has 96 valence electrons. The minimum absolute atomic E-state index is 0.386. The molecule has 0 bridgehead atoms. The number of carbonyl (C=O) groups excluding carboxylic acids is 1. The van der Waals surface area contributed by atoms with Gasteiger partial charge in [0.25, 0.3) is 0 Å². The molecule has 0 saturated heterocycles. The standard InChI is InChI=1S/C14H18N2OS/c1-3-7-18-8-6-16-10-13-5-4-12(14(15)17)9-11(13)2/h1,4-5,9,16H,6-8,10H2,2H3,(H2,15,17). The van der Waals surface area contributed by atoms with Crippen molar-refractivity contribution in [3.05, 3.63) is 34.9 Å². The number of thioether (sulfide) groups is 1. The average Bonchev–Trinajstić information content (AvgIpc) is 2.35. The Labute approximate surface area is 113 Å². The first-order valence-corrected chi connectivity index (χ1v) is 6.92. The van der Waals surface area contributed by atoms with Crippen LogP contribution in [0.15, 0.2) is 18.2 Å². The molecule has 3 nitrogen and oxygen atoms in total. The van der Waals surface area contributed by atoms with Crippen LogP contribution >= 0.6 is 11.8 Å². The summed E-state index contributed by atoms with van der Waals surface area (Å²) >= 11 is 1.74. The van der Waals surface area contributed by atoms with Gasteiger partial charge in [-0.1, -0.05) is 12.0 Å². The summed E-state index contributed by atoms with van der Waals surface area (Å²) in [5.74, 6) is 3.97. The van der Waals surface area contributed by atoms with E-state index in [2.05, 4.69) is 11.2 Å². The van der Waals surface area contributed by atoms with Gasteiger partial charge in [-0.25, -0.2) is 0 Å². The maximum Gasteiger partial charge on any atom is 0.248 e. The maximum atomic E-state index is 11.0. The zero-order valence-corrected chi connectivity index (χ0v) is 11.3. The first-order valence-electron chi connectivity index (χ1n) is 5.76. The zero-order valence-electron chi connectivity index (χ0n) is 10.5. The fourth-order valence-corrected chi connectivity index (χ4v) is 2.10. The summed E-state index contributed by atoms with van der Waals surface area (Å²) in [6.07, 6.45) is 5.16. The molecule has 0 aliphatic rings. The third-order valence-electron chi connectivity index (χ3n) is 2.55. The third kappa shape index (κ3) is 4.82. The Hall–Kier alpha value is -1.44. The number of terminal acetylenes is 1. The Morgan fingerprint density at radius 1 is 1.56 bits per heavy atom. The second-order valence-corrected chi connectivity index (χ2v) is 5.04. The number of nitrogens with two attached hydrogens (primary N) is 1. The molecule has 0 aliphatic heterocycles. The Morgan fingerprint density at radius 2 is 2.33 bits per heavy atom. The van der Waals surface area contributed by atoms with Crippen LogP contribution in [-0.4, -0.2) is 24.0 Å². The lowest BCUT2D eigenvalue weighted by Crippen LogP contribution is -2.18. The highest BCUT2D eigenvalue weighted by Gasteiger charge is 2.03. The van der Waals surface area contributed by atoms with E-state index in [1.54, 1.807) is 17.8 Å². The molecule has 1 aromatic carbocycles. The summed E-state index contributed by atoms with van der Waals surface area (Å²) < 4.78 is 0. The molecule has 0 aromatic heterocycles. The number of hydrogen-bond acceptors (Lipinski definition) is 3. The van der Waals surface area contributed by atoms with E-state index in [9.17, 15) is 4.79 Å². The molecule has 0 fully saturated rings. The monoisotopic (exact) mass is 262 g/mol. The second-order valence-electron chi connectivity index (χ2n) is 3.94. The topological polar surface area (TPSA) is 55.1 Å². The summed E-state index contributed by atoms with van der Waals surface area (Å²) in [6, 6.07) is 5.53. The highest BCUT2D eigenvalue weighted by molar-refractivity contribution is 7.99. The van der Waals surface area contributed by atoms with Crippen molar-refractivity contribution in [2.24, 2.45) is 5.73 Å². The van der Waals surface area contributed by atoms with Gasteiger partial charge in [0, 0.05) is 24.4 Å². The first-order chi connectivity index (χ1) is 8.65. The van der Waals surface area contributed by atoms with E-state index in [0.29, 0.717) is 5.56 Å². The SMILES string of the molecule is C#CCSCCNCc1ccc(C(N)=O)cc1C. The number of aryl methyl sites for hydroxylation is 1. The van der Waals surface area contributed by atoms with Gasteiger partial charge in [-0.3, -0.25) is 4.79 Å². The minimum Gasteiger partial charge on any atom is -0.366 e. The molecular formula is C14H18N2OS. The van der Waals surface area contributed by atoms with Gasteiger partial charge in [0.15, 0.2) is 0 Å². The molecule has 0 radical (unpaired) electrons. The van der Waals surface area contributed by atoms with Crippen LogP contribution in [0.1, 0.15) is 21.5 Å². The van der Waals surface area contributed by atoms with E-state index in [0.717, 1.165) is 30.2 Å². The van der Waals surface area contributed by atoms with Gasteiger partial charge in [0.2, 0.25) is 5.91 Å². The Bertz CT molecular complexity index is 452. The number of carbonyl (C=O) groups is 1. The number of primary amides is 1. The van der Waals surface area contributed by atoms with Crippen molar-refractivity contribution in [2.75, 3.05) is 18.1 Å². The van der Waals surface area contributed by atoms with Crippen LogP contribution in [0.3, 0.4) is 0 Å². The molecule has 18 heavy (non-hydrogen) atoms. The van der Waals surface area contributed by atoms with Crippen molar-refractivity contribution in [3.63, 3.8) is 0 Å². The normalized spacial score (nSPS) is 10.0. The van der Waals surface area contributed by atoms with Crippen LogP contribution in [0, 0.1) is 19.3 Å². The van der Waals surface area contributed by atoms with Crippen LogP contribution in [0.4, 0.5) is 0 Å². The summed E-state index contributed by atoms with van der Waals surface area (Å²) in [4.78, 5) is 11.0. The van der Waals surface area contributed by atoms with Gasteiger partial charge in [-0.15, -0.1) is 18.2 Å². The third-order valence-corrected chi connectivity index (χ3v) is 3.41. The summed E-state index contributed by atoms with van der Waals surface area (Å²) in [7, 11) is 0. The molecule has 1 aromatic rings. The fourth-order valence-electron chi connectivity index (χ4n) is 1.55. The minimum atomic E-state index is -0.386. The zero-order chi connectivity index (χ0) is 13.4. The highest BCUT2D eigenvalue weighted by atomic mass is 32.2. The molecule has 0 saturated carbocycles. The predicted octanol–water partition coefficient (Wildman–Crippen LogP) is 1.55. The van der Waals surface area contributed by atoms with Crippen molar-refractivity contribution >= 4 is 17.7 Å². The van der Waals surface area contributed by atoms with E-state index >= 15 is 0 Å². The summed E-state index contributed by atoms with van der Waals surface area (Å²) in [5.41, 5.74) is 8.04. The average molecular weight is 262 g/mol. The van der Waals surface area contributed by atoms with E-state index in [-0.39, 0.29) is 5.91 Å². The highest BCUT2D eigenvalue weighted by Crippen LogP contribution is 2.10. The molecule has 0 atom stereocenters. The molecule has 3 N–H and O–H groups in total. The smallest absolute Gasteiger partial charge is 0.248 e. The van der Waals surface area contributed by atoms with E-state index in [4.69, 9.17) is 12.2 Å². The number of hydrogen-bond donors (Lipinski definition) is 2. The molecule has 0 unspecified atom stereocenters. The van der Waals surface area contributed by atoms with E-state index in [1.165, 1.54) is 5.56 Å². The molecular weight excluding hydrogens is 244 g/mol. The lowest BCUT2D eigenvalue weighted by Gasteiger charge is -2.08. The van der Waals surface area contributed by atoms with Crippen LogP contribution < -0.4 is 11.1 Å². The van der Waals surface area contributed by atoms with Gasteiger partial charge in [-0.2, -0.15) is 0 Å². The molecule has 1 amide bonds. The van der Waals surface area contributed by atoms with Gasteiger partial charge < -0.3 is 11.1 Å². The van der Waals surface area contributed by atoms with Crippen molar-refractivity contribution in [3.8, 4) is 12.3 Å². The molecule has 1 rings (SSSR count). The second kappa shape index (κ2) is 7.80. The Kier molecular flexibility index (Phi) is 6.34. The molecule has 0 heterocycles. The first kappa shape index (κ1) is 14.6. The van der Waals surface area contributed by atoms with Gasteiger partial charge in [0.05, 0.1) is 5.75 Å². The van der Waals surface area contributed by atoms with Gasteiger partial charge in [-0.05, 0) is 30.2 Å². The number of amides is 1. The fraction of sp³-hybridized carbons (Fsp3) is 0.357. The largest absolute Gasteiger partial charge is 0.366 e. The Balaban J connectivity index is 2.39. The predicted molar refractivity (Wildman–Crippen MR) is 77.6 cm³/mol. The maximum absolute atomic E-state index is 11.0. The lowest BCUT2D eigenvalue weighted by atomic mass is 10.0. The Morgan fingerprint density at radius 3 is 2.94 bits per heavy atom. The number of benzene rings is 1. The quantitative estimate of drug-likeness (QED) is 0.579. The summed E-state index contributed by atoms with van der Waals surface area (Å²) in [6.45, 7) is 3.70. The van der Waals surface area contributed by atoms with E-state index in [1.807, 2.05) is 19.1 Å². The van der Waals surface area contributed by atoms with Crippen LogP contribution in [0.5, 0.6) is 0 Å². The molecule has 0 spiro atoms. The summed E-state index contributed by atoms with van der Waals surface area (Å²) in [5, 5.41) is 3.34. The van der Waals surface area contributed by atoms with Crippen LogP contribution in [0.2, 0.25) is 0 Å². The van der Waals surface area contributed by atoms with Crippen molar-refractivity contribution in [2.45, 2.75) is 13.5 Å². The molecule has 0 aliphatic carbocycles.